The lowest BCUT2D eigenvalue weighted by Crippen LogP contribution is -2.26. The molecule has 6 nitrogen and oxygen atoms in total. The predicted molar refractivity (Wildman–Crippen MR) is 98.7 cm³/mol. The number of rotatable bonds is 6. The number of thiazole rings is 1. The molecule has 134 valence electrons. The number of nitrogens with one attached hydrogen (secondary N) is 2. The number of carbonyl (C=O) groups is 1. The molecule has 1 saturated carbocycles. The molecule has 1 aliphatic carbocycles. The Bertz CT molecular complexity index is 900. The number of sulfonamides is 1. The molecule has 2 N–H and O–H groups in total. The molecule has 1 amide bonds. The molecule has 0 radical (unpaired) electrons. The first kappa shape index (κ1) is 18.0. The average molecular weight is 380 g/mol. The van der Waals surface area contributed by atoms with E-state index in [-0.39, 0.29) is 22.8 Å². The van der Waals surface area contributed by atoms with Gasteiger partial charge in [0.2, 0.25) is 10.0 Å². The lowest BCUT2D eigenvalue weighted by atomic mass is 10.1. The van der Waals surface area contributed by atoms with Crippen molar-refractivity contribution in [3.63, 3.8) is 0 Å². The molecule has 0 aliphatic heterocycles. The zero-order valence-electron chi connectivity index (χ0n) is 14.4. The van der Waals surface area contributed by atoms with Gasteiger partial charge in [-0.1, -0.05) is 19.9 Å². The second-order valence-electron chi connectivity index (χ2n) is 6.56. The number of aromatic nitrogens is 1. The maximum Gasteiger partial charge on any atom is 0.257 e. The zero-order valence-corrected chi connectivity index (χ0v) is 16.0. The first-order valence-corrected chi connectivity index (χ1v) is 10.5. The van der Waals surface area contributed by atoms with Crippen molar-refractivity contribution in [2.75, 3.05) is 5.32 Å². The molecular formula is C17H21N3O3S2. The molecule has 0 unspecified atom stereocenters. The van der Waals surface area contributed by atoms with Gasteiger partial charge in [-0.15, -0.1) is 11.3 Å². The molecule has 1 heterocycles. The number of nitrogens with zero attached hydrogens (tertiary/aromatic N) is 1. The summed E-state index contributed by atoms with van der Waals surface area (Å²) in [6.45, 7) is 5.85. The fourth-order valence-electron chi connectivity index (χ4n) is 2.27. The van der Waals surface area contributed by atoms with Crippen LogP contribution in [0.5, 0.6) is 0 Å². The van der Waals surface area contributed by atoms with Crippen molar-refractivity contribution in [3.8, 4) is 0 Å². The Kier molecular flexibility index (Phi) is 4.95. The van der Waals surface area contributed by atoms with Gasteiger partial charge in [-0.05, 0) is 43.4 Å². The van der Waals surface area contributed by atoms with Gasteiger partial charge in [-0.3, -0.25) is 10.1 Å². The van der Waals surface area contributed by atoms with Crippen LogP contribution in [0.15, 0.2) is 28.5 Å². The summed E-state index contributed by atoms with van der Waals surface area (Å²) >= 11 is 1.36. The van der Waals surface area contributed by atoms with Gasteiger partial charge < -0.3 is 0 Å². The summed E-state index contributed by atoms with van der Waals surface area (Å²) < 4.78 is 27.3. The van der Waals surface area contributed by atoms with Crippen molar-refractivity contribution in [3.05, 3.63) is 40.4 Å². The monoisotopic (exact) mass is 379 g/mol. The van der Waals surface area contributed by atoms with Crippen molar-refractivity contribution in [2.24, 2.45) is 0 Å². The third-order valence-corrected chi connectivity index (χ3v) is 6.29. The molecule has 0 saturated heterocycles. The van der Waals surface area contributed by atoms with Crippen molar-refractivity contribution in [2.45, 2.75) is 50.5 Å². The molecule has 1 aromatic heterocycles. The Morgan fingerprint density at radius 2 is 2.04 bits per heavy atom. The minimum Gasteiger partial charge on any atom is -0.298 e. The number of anilines is 1. The van der Waals surface area contributed by atoms with Gasteiger partial charge in [-0.25, -0.2) is 18.1 Å². The highest BCUT2D eigenvalue weighted by Gasteiger charge is 2.28. The largest absolute Gasteiger partial charge is 0.298 e. The highest BCUT2D eigenvalue weighted by atomic mass is 32.2. The number of aryl methyl sites for hydroxylation is 1. The van der Waals surface area contributed by atoms with Gasteiger partial charge in [0.15, 0.2) is 5.13 Å². The second kappa shape index (κ2) is 6.86. The number of hydrogen-bond donors (Lipinski definition) is 2. The molecular weight excluding hydrogens is 358 g/mol. The summed E-state index contributed by atoms with van der Waals surface area (Å²) in [5.41, 5.74) is 1.96. The standard InChI is InChI=1S/C17H21N3O3S2/c1-10(2)15-9-24-17(18-15)19-16(21)14-8-13(7-4-11(14)3)25(22,23)20-12-5-6-12/h4,7-10,12,20H,5-6H2,1-3H3,(H,18,19,21). The molecule has 0 bridgehead atoms. The van der Waals surface area contributed by atoms with Gasteiger partial charge in [-0.2, -0.15) is 0 Å². The molecule has 0 spiro atoms. The number of benzene rings is 1. The van der Waals surface area contributed by atoms with Gasteiger partial charge in [0.05, 0.1) is 10.6 Å². The Balaban J connectivity index is 1.82. The van der Waals surface area contributed by atoms with Crippen LogP contribution in [0, 0.1) is 6.92 Å². The normalized spacial score (nSPS) is 14.7. The Labute approximate surface area is 151 Å². The van der Waals surface area contributed by atoms with E-state index in [9.17, 15) is 13.2 Å². The lowest BCUT2D eigenvalue weighted by Gasteiger charge is -2.10. The topological polar surface area (TPSA) is 88.2 Å². The summed E-state index contributed by atoms with van der Waals surface area (Å²) in [5, 5.41) is 5.18. The number of carbonyl (C=O) groups excluding carboxylic acids is 1. The highest BCUT2D eigenvalue weighted by Crippen LogP contribution is 2.25. The summed E-state index contributed by atoms with van der Waals surface area (Å²) in [6.07, 6.45) is 1.72. The third-order valence-electron chi connectivity index (χ3n) is 4.00. The van der Waals surface area contributed by atoms with Crippen molar-refractivity contribution in [1.82, 2.24) is 9.71 Å². The van der Waals surface area contributed by atoms with Crippen LogP contribution >= 0.6 is 11.3 Å². The highest BCUT2D eigenvalue weighted by molar-refractivity contribution is 7.89. The maximum atomic E-state index is 12.6. The lowest BCUT2D eigenvalue weighted by molar-refractivity contribution is 0.102. The van der Waals surface area contributed by atoms with Crippen molar-refractivity contribution < 1.29 is 13.2 Å². The van der Waals surface area contributed by atoms with E-state index in [0.29, 0.717) is 16.3 Å². The molecule has 2 aromatic rings. The van der Waals surface area contributed by atoms with Crippen LogP contribution in [-0.4, -0.2) is 25.4 Å². The first-order valence-electron chi connectivity index (χ1n) is 8.16. The van der Waals surface area contributed by atoms with Gasteiger partial charge in [0, 0.05) is 17.0 Å². The second-order valence-corrected chi connectivity index (χ2v) is 9.13. The Hall–Kier alpha value is -1.77. The maximum absolute atomic E-state index is 12.6. The van der Waals surface area contributed by atoms with E-state index in [1.165, 1.54) is 23.5 Å². The van der Waals surface area contributed by atoms with Gasteiger partial charge in [0.1, 0.15) is 0 Å². The minimum absolute atomic E-state index is 0.0216. The van der Waals surface area contributed by atoms with Crippen molar-refractivity contribution >= 4 is 32.4 Å². The Morgan fingerprint density at radius 1 is 1.32 bits per heavy atom. The van der Waals surface area contributed by atoms with Crippen LogP contribution in [0.25, 0.3) is 0 Å². The first-order chi connectivity index (χ1) is 11.8. The van der Waals surface area contributed by atoms with Gasteiger partial charge >= 0.3 is 0 Å². The van der Waals surface area contributed by atoms with E-state index >= 15 is 0 Å². The molecule has 25 heavy (non-hydrogen) atoms. The van der Waals surface area contributed by atoms with E-state index in [1.54, 1.807) is 13.0 Å². The van der Waals surface area contributed by atoms with Crippen LogP contribution in [-0.2, 0) is 10.0 Å². The van der Waals surface area contributed by atoms with Crippen LogP contribution < -0.4 is 10.0 Å². The van der Waals surface area contributed by atoms with Gasteiger partial charge in [0.25, 0.3) is 5.91 Å². The fraction of sp³-hybridized carbons (Fsp3) is 0.412. The number of amides is 1. The smallest absolute Gasteiger partial charge is 0.257 e. The summed E-state index contributed by atoms with van der Waals surface area (Å²) in [4.78, 5) is 17.1. The van der Waals surface area contributed by atoms with E-state index in [0.717, 1.165) is 18.5 Å². The molecule has 3 rings (SSSR count). The van der Waals surface area contributed by atoms with Crippen LogP contribution in [0.3, 0.4) is 0 Å². The average Bonchev–Trinajstić information content (AvgIpc) is 3.21. The predicted octanol–water partition coefficient (Wildman–Crippen LogP) is 3.27. The fourth-order valence-corrected chi connectivity index (χ4v) is 4.47. The molecule has 1 fully saturated rings. The Morgan fingerprint density at radius 3 is 2.64 bits per heavy atom. The van der Waals surface area contributed by atoms with E-state index in [1.807, 2.05) is 19.2 Å². The third kappa shape index (κ3) is 4.26. The molecule has 1 aliphatic rings. The van der Waals surface area contributed by atoms with E-state index < -0.39 is 10.0 Å². The summed E-state index contributed by atoms with van der Waals surface area (Å²) in [7, 11) is -3.59. The van der Waals surface area contributed by atoms with Crippen molar-refractivity contribution in [1.29, 1.82) is 0 Å². The number of hydrogen-bond acceptors (Lipinski definition) is 5. The van der Waals surface area contributed by atoms with Crippen LogP contribution in [0.1, 0.15) is 54.2 Å². The SMILES string of the molecule is Cc1ccc(S(=O)(=O)NC2CC2)cc1C(=O)Nc1nc(C(C)C)cs1. The summed E-state index contributed by atoms with van der Waals surface area (Å²) in [6, 6.07) is 4.62. The van der Waals surface area contributed by atoms with E-state index in [2.05, 4.69) is 15.0 Å². The summed E-state index contributed by atoms with van der Waals surface area (Å²) in [5.74, 6) is -0.0729. The quantitative estimate of drug-likeness (QED) is 0.806. The van der Waals surface area contributed by atoms with E-state index in [4.69, 9.17) is 0 Å². The van der Waals surface area contributed by atoms with Crippen LogP contribution in [0.2, 0.25) is 0 Å². The van der Waals surface area contributed by atoms with Crippen LogP contribution in [0.4, 0.5) is 5.13 Å². The molecule has 8 heteroatoms. The zero-order chi connectivity index (χ0) is 18.2. The molecule has 1 aromatic carbocycles. The molecule has 0 atom stereocenters. The minimum atomic E-state index is -3.59.